The number of halogens is 1. The lowest BCUT2D eigenvalue weighted by atomic mass is 10.1. The van der Waals surface area contributed by atoms with Crippen molar-refractivity contribution in [1.82, 2.24) is 10.1 Å². The first-order valence-corrected chi connectivity index (χ1v) is 7.00. The van der Waals surface area contributed by atoms with E-state index < -0.39 is 5.97 Å². The zero-order valence-electron chi connectivity index (χ0n) is 11.0. The summed E-state index contributed by atoms with van der Waals surface area (Å²) in [4.78, 5) is 15.2. The molecule has 0 aliphatic carbocycles. The van der Waals surface area contributed by atoms with Crippen molar-refractivity contribution >= 4 is 21.9 Å². The largest absolute Gasteiger partial charge is 0.507 e. The Labute approximate surface area is 133 Å². The van der Waals surface area contributed by atoms with Crippen LogP contribution in [0, 0.1) is 0 Å². The summed E-state index contributed by atoms with van der Waals surface area (Å²) in [6.45, 7) is 0. The third-order valence-corrected chi connectivity index (χ3v) is 3.53. The molecule has 0 bridgehead atoms. The molecule has 0 unspecified atom stereocenters. The summed E-state index contributed by atoms with van der Waals surface area (Å²) in [5, 5.41) is 22.7. The zero-order valence-corrected chi connectivity index (χ0v) is 12.6. The Morgan fingerprint density at radius 1 is 1.14 bits per heavy atom. The molecule has 0 spiro atoms. The summed E-state index contributed by atoms with van der Waals surface area (Å²) in [6.07, 6.45) is 0. The number of hydrogen-bond donors (Lipinski definition) is 2. The Balaban J connectivity index is 2.02. The number of phenolic OH excluding ortho intramolecular Hbond substituents is 1. The molecule has 6 nitrogen and oxygen atoms in total. The molecule has 1 heterocycles. The summed E-state index contributed by atoms with van der Waals surface area (Å²) in [5.41, 5.74) is 0.950. The molecule has 2 aromatic carbocycles. The second-order valence-electron chi connectivity index (χ2n) is 4.47. The van der Waals surface area contributed by atoms with Crippen LogP contribution in [0.25, 0.3) is 22.8 Å². The second-order valence-corrected chi connectivity index (χ2v) is 5.38. The van der Waals surface area contributed by atoms with Crippen LogP contribution in [0.15, 0.2) is 51.5 Å². The fraction of sp³-hybridized carbons (Fsp3) is 0. The van der Waals surface area contributed by atoms with Gasteiger partial charge in [-0.05, 0) is 42.5 Å². The molecule has 110 valence electrons. The maximum Gasteiger partial charge on any atom is 0.335 e. The van der Waals surface area contributed by atoms with Crippen molar-refractivity contribution < 1.29 is 19.5 Å². The highest BCUT2D eigenvalue weighted by molar-refractivity contribution is 9.10. The molecule has 0 aliphatic heterocycles. The Morgan fingerprint density at radius 2 is 1.86 bits per heavy atom. The predicted molar refractivity (Wildman–Crippen MR) is 81.5 cm³/mol. The SMILES string of the molecule is O=C(O)c1ccc(O)c(-c2noc(-c3ccc(Br)cc3)n2)c1. The highest BCUT2D eigenvalue weighted by atomic mass is 79.9. The molecule has 0 aliphatic rings. The third-order valence-electron chi connectivity index (χ3n) is 3.00. The van der Waals surface area contributed by atoms with Crippen LogP contribution >= 0.6 is 15.9 Å². The van der Waals surface area contributed by atoms with Crippen molar-refractivity contribution in [1.29, 1.82) is 0 Å². The van der Waals surface area contributed by atoms with Crippen LogP contribution in [0.3, 0.4) is 0 Å². The zero-order chi connectivity index (χ0) is 15.7. The highest BCUT2D eigenvalue weighted by Gasteiger charge is 2.16. The van der Waals surface area contributed by atoms with E-state index in [4.69, 9.17) is 9.63 Å². The molecule has 3 aromatic rings. The molecule has 0 saturated carbocycles. The van der Waals surface area contributed by atoms with E-state index in [1.807, 2.05) is 12.1 Å². The van der Waals surface area contributed by atoms with Crippen LogP contribution in [0.1, 0.15) is 10.4 Å². The molecule has 22 heavy (non-hydrogen) atoms. The fourth-order valence-corrected chi connectivity index (χ4v) is 2.16. The van der Waals surface area contributed by atoms with Crippen molar-refractivity contribution in [2.24, 2.45) is 0 Å². The van der Waals surface area contributed by atoms with Gasteiger partial charge in [0.2, 0.25) is 5.82 Å². The minimum absolute atomic E-state index is 0.0304. The average Bonchev–Trinajstić information content (AvgIpc) is 2.98. The maximum absolute atomic E-state index is 11.0. The number of hydrogen-bond acceptors (Lipinski definition) is 5. The number of nitrogens with zero attached hydrogens (tertiary/aromatic N) is 2. The van der Waals surface area contributed by atoms with Crippen LogP contribution in [-0.4, -0.2) is 26.3 Å². The molecule has 0 amide bonds. The quantitative estimate of drug-likeness (QED) is 0.740. The lowest BCUT2D eigenvalue weighted by Crippen LogP contribution is -1.96. The monoisotopic (exact) mass is 360 g/mol. The minimum Gasteiger partial charge on any atom is -0.507 e. The van der Waals surface area contributed by atoms with E-state index in [1.165, 1.54) is 18.2 Å². The first-order valence-electron chi connectivity index (χ1n) is 6.21. The number of carbonyl (C=O) groups is 1. The van der Waals surface area contributed by atoms with E-state index >= 15 is 0 Å². The van der Waals surface area contributed by atoms with Gasteiger partial charge in [-0.1, -0.05) is 21.1 Å². The van der Waals surface area contributed by atoms with E-state index in [-0.39, 0.29) is 28.6 Å². The number of aromatic hydroxyl groups is 1. The summed E-state index contributed by atoms with van der Waals surface area (Å²) < 4.78 is 6.08. The number of carboxylic acids is 1. The normalized spacial score (nSPS) is 10.6. The molecular formula is C15H9BrN2O4. The van der Waals surface area contributed by atoms with Gasteiger partial charge in [-0.25, -0.2) is 4.79 Å². The van der Waals surface area contributed by atoms with Crippen molar-refractivity contribution in [2.45, 2.75) is 0 Å². The van der Waals surface area contributed by atoms with Crippen molar-refractivity contribution in [3.8, 4) is 28.6 Å². The first kappa shape index (κ1) is 14.3. The Morgan fingerprint density at radius 3 is 2.55 bits per heavy atom. The van der Waals surface area contributed by atoms with Crippen LogP contribution in [0.2, 0.25) is 0 Å². The van der Waals surface area contributed by atoms with Gasteiger partial charge in [-0.3, -0.25) is 0 Å². The molecular weight excluding hydrogens is 352 g/mol. The second kappa shape index (κ2) is 5.61. The molecule has 7 heteroatoms. The molecule has 0 radical (unpaired) electrons. The lowest BCUT2D eigenvalue weighted by Gasteiger charge is -2.01. The number of carboxylic acid groups (broad SMARTS) is 1. The number of rotatable bonds is 3. The number of benzene rings is 2. The smallest absolute Gasteiger partial charge is 0.335 e. The van der Waals surface area contributed by atoms with Crippen LogP contribution < -0.4 is 0 Å². The van der Waals surface area contributed by atoms with Gasteiger partial charge in [0.15, 0.2) is 0 Å². The highest BCUT2D eigenvalue weighted by Crippen LogP contribution is 2.30. The van der Waals surface area contributed by atoms with E-state index in [2.05, 4.69) is 26.1 Å². The lowest BCUT2D eigenvalue weighted by molar-refractivity contribution is 0.0697. The Bertz CT molecular complexity index is 843. The van der Waals surface area contributed by atoms with Gasteiger partial charge < -0.3 is 14.7 Å². The maximum atomic E-state index is 11.0. The molecule has 0 fully saturated rings. The van der Waals surface area contributed by atoms with Crippen molar-refractivity contribution in [3.05, 3.63) is 52.5 Å². The van der Waals surface area contributed by atoms with Crippen molar-refractivity contribution in [2.75, 3.05) is 0 Å². The molecule has 0 saturated heterocycles. The summed E-state index contributed by atoms with van der Waals surface area (Å²) >= 11 is 3.34. The molecule has 3 rings (SSSR count). The standard InChI is InChI=1S/C15H9BrN2O4/c16-10-4-1-8(2-5-10)14-17-13(18-22-14)11-7-9(15(20)21)3-6-12(11)19/h1-7,19H,(H,20,21). The van der Waals surface area contributed by atoms with E-state index in [1.54, 1.807) is 12.1 Å². The molecule has 0 atom stereocenters. The van der Waals surface area contributed by atoms with Crippen molar-refractivity contribution in [3.63, 3.8) is 0 Å². The fourth-order valence-electron chi connectivity index (χ4n) is 1.89. The minimum atomic E-state index is -1.10. The third kappa shape index (κ3) is 2.71. The Hall–Kier alpha value is -2.67. The van der Waals surface area contributed by atoms with Gasteiger partial charge in [0.05, 0.1) is 11.1 Å². The summed E-state index contributed by atoms with van der Waals surface area (Å²) in [6, 6.07) is 11.2. The van der Waals surface area contributed by atoms with Crippen LogP contribution in [-0.2, 0) is 0 Å². The van der Waals surface area contributed by atoms with Gasteiger partial charge in [-0.15, -0.1) is 0 Å². The van der Waals surface area contributed by atoms with E-state index in [9.17, 15) is 9.90 Å². The summed E-state index contributed by atoms with van der Waals surface area (Å²) in [7, 11) is 0. The van der Waals surface area contributed by atoms with Gasteiger partial charge in [0.1, 0.15) is 5.75 Å². The molecule has 2 N–H and O–H groups in total. The summed E-state index contributed by atoms with van der Waals surface area (Å²) in [5.74, 6) is -0.813. The van der Waals surface area contributed by atoms with Gasteiger partial charge >= 0.3 is 5.97 Å². The average molecular weight is 361 g/mol. The number of aromatic carboxylic acids is 1. The topological polar surface area (TPSA) is 96.5 Å². The molecule has 1 aromatic heterocycles. The van der Waals surface area contributed by atoms with E-state index in [0.717, 1.165) is 10.0 Å². The predicted octanol–water partition coefficient (Wildman–Crippen LogP) is 3.57. The number of phenols is 1. The van der Waals surface area contributed by atoms with Crippen LogP contribution in [0.5, 0.6) is 5.75 Å². The van der Waals surface area contributed by atoms with Gasteiger partial charge in [0, 0.05) is 10.0 Å². The van der Waals surface area contributed by atoms with Gasteiger partial charge in [-0.2, -0.15) is 4.98 Å². The number of aromatic nitrogens is 2. The first-order chi connectivity index (χ1) is 10.5. The Kier molecular flexibility index (Phi) is 3.64. The van der Waals surface area contributed by atoms with Crippen LogP contribution in [0.4, 0.5) is 0 Å². The van der Waals surface area contributed by atoms with Gasteiger partial charge in [0.25, 0.3) is 5.89 Å². The van der Waals surface area contributed by atoms with E-state index in [0.29, 0.717) is 0 Å².